The van der Waals surface area contributed by atoms with E-state index in [0.717, 1.165) is 25.6 Å². The van der Waals surface area contributed by atoms with Crippen molar-refractivity contribution in [1.82, 2.24) is 15.5 Å². The Morgan fingerprint density at radius 3 is 2.33 bits per heavy atom. The first-order chi connectivity index (χ1) is 9.61. The molecule has 1 fully saturated rings. The Hall–Kier alpha value is -0.0400. The molecule has 1 aliphatic rings. The molecule has 0 aliphatic carbocycles. The van der Waals surface area contributed by atoms with Gasteiger partial charge in [-0.25, -0.2) is 0 Å². The van der Waals surface area contributed by atoms with E-state index >= 15 is 0 Å². The molecule has 1 saturated heterocycles. The summed E-state index contributed by atoms with van der Waals surface area (Å²) < 4.78 is 0. The van der Waals surface area contributed by atoms with Crippen molar-refractivity contribution in [3.05, 3.63) is 0 Å². The van der Waals surface area contributed by atoms with Crippen LogP contribution in [0.4, 0.5) is 0 Å². The van der Waals surface area contributed by atoms with E-state index < -0.39 is 0 Å². The van der Waals surface area contributed by atoms with E-state index in [0.29, 0.717) is 11.8 Å². The SMILES string of the molecule is CCNC(=NCC(C)C)NCC(C)CN1CCCCC1.I. The van der Waals surface area contributed by atoms with Gasteiger partial charge >= 0.3 is 0 Å². The third kappa shape index (κ3) is 10.3. The van der Waals surface area contributed by atoms with E-state index in [4.69, 9.17) is 0 Å². The summed E-state index contributed by atoms with van der Waals surface area (Å²) in [6.45, 7) is 15.4. The van der Waals surface area contributed by atoms with E-state index in [9.17, 15) is 0 Å². The molecule has 1 atom stereocenters. The second kappa shape index (κ2) is 12.5. The molecule has 1 unspecified atom stereocenters. The zero-order valence-corrected chi connectivity index (χ0v) is 16.7. The Kier molecular flexibility index (Phi) is 12.5. The topological polar surface area (TPSA) is 39.7 Å². The van der Waals surface area contributed by atoms with Crippen molar-refractivity contribution in [3.8, 4) is 0 Å². The summed E-state index contributed by atoms with van der Waals surface area (Å²) in [6.07, 6.45) is 4.16. The molecule has 0 bridgehead atoms. The van der Waals surface area contributed by atoms with Crippen molar-refractivity contribution in [2.75, 3.05) is 39.3 Å². The molecule has 0 amide bonds. The molecule has 1 heterocycles. The van der Waals surface area contributed by atoms with Crippen LogP contribution >= 0.6 is 24.0 Å². The molecule has 0 aromatic rings. The highest BCUT2D eigenvalue weighted by atomic mass is 127. The molecule has 126 valence electrons. The van der Waals surface area contributed by atoms with Crippen LogP contribution in [0.25, 0.3) is 0 Å². The monoisotopic (exact) mass is 410 g/mol. The highest BCUT2D eigenvalue weighted by Crippen LogP contribution is 2.10. The van der Waals surface area contributed by atoms with Crippen LogP contribution in [0.2, 0.25) is 0 Å². The first-order valence-electron chi connectivity index (χ1n) is 8.36. The summed E-state index contributed by atoms with van der Waals surface area (Å²) in [7, 11) is 0. The number of aliphatic imine (C=N–C) groups is 1. The fourth-order valence-electron chi connectivity index (χ4n) is 2.53. The van der Waals surface area contributed by atoms with Gasteiger partial charge in [0.1, 0.15) is 0 Å². The van der Waals surface area contributed by atoms with Crippen molar-refractivity contribution in [1.29, 1.82) is 0 Å². The number of guanidine groups is 1. The number of halogens is 1. The maximum atomic E-state index is 4.61. The lowest BCUT2D eigenvalue weighted by Crippen LogP contribution is -2.42. The lowest BCUT2D eigenvalue weighted by molar-refractivity contribution is 0.201. The zero-order chi connectivity index (χ0) is 14.8. The van der Waals surface area contributed by atoms with Crippen molar-refractivity contribution in [2.45, 2.75) is 47.0 Å². The molecule has 5 heteroatoms. The number of rotatable bonds is 7. The van der Waals surface area contributed by atoms with Crippen molar-refractivity contribution in [3.63, 3.8) is 0 Å². The van der Waals surface area contributed by atoms with Gasteiger partial charge in [0.15, 0.2) is 5.96 Å². The van der Waals surface area contributed by atoms with Crippen LogP contribution in [0.3, 0.4) is 0 Å². The maximum absolute atomic E-state index is 4.61. The van der Waals surface area contributed by atoms with Gasteiger partial charge in [0.2, 0.25) is 0 Å². The molecule has 1 aliphatic heterocycles. The highest BCUT2D eigenvalue weighted by Gasteiger charge is 2.13. The summed E-state index contributed by atoms with van der Waals surface area (Å²) in [5, 5.41) is 6.80. The Balaban J connectivity index is 0.00000400. The van der Waals surface area contributed by atoms with E-state index in [-0.39, 0.29) is 24.0 Å². The molecule has 21 heavy (non-hydrogen) atoms. The number of hydrogen-bond acceptors (Lipinski definition) is 2. The predicted molar refractivity (Wildman–Crippen MR) is 104 cm³/mol. The van der Waals surface area contributed by atoms with Gasteiger partial charge in [-0.05, 0) is 44.7 Å². The summed E-state index contributed by atoms with van der Waals surface area (Å²) >= 11 is 0. The summed E-state index contributed by atoms with van der Waals surface area (Å²) in [6, 6.07) is 0. The van der Waals surface area contributed by atoms with Gasteiger partial charge in [-0.3, -0.25) is 4.99 Å². The van der Waals surface area contributed by atoms with E-state index in [2.05, 4.69) is 48.2 Å². The van der Waals surface area contributed by atoms with Crippen LogP contribution in [0, 0.1) is 11.8 Å². The summed E-state index contributed by atoms with van der Waals surface area (Å²) in [4.78, 5) is 7.22. The smallest absolute Gasteiger partial charge is 0.191 e. The molecule has 0 spiro atoms. The number of nitrogens with one attached hydrogen (secondary N) is 2. The standard InChI is InChI=1S/C16H34N4.HI/c1-5-17-16(18-11-14(2)3)19-12-15(4)13-20-9-7-6-8-10-20;/h14-15H,5-13H2,1-4H3,(H2,17,18,19);1H. The molecule has 4 nitrogen and oxygen atoms in total. The number of nitrogens with zero attached hydrogens (tertiary/aromatic N) is 2. The van der Waals surface area contributed by atoms with Gasteiger partial charge in [-0.2, -0.15) is 0 Å². The fraction of sp³-hybridized carbons (Fsp3) is 0.938. The summed E-state index contributed by atoms with van der Waals surface area (Å²) in [5.41, 5.74) is 0. The Morgan fingerprint density at radius 2 is 1.76 bits per heavy atom. The number of hydrogen-bond donors (Lipinski definition) is 2. The Morgan fingerprint density at radius 1 is 1.10 bits per heavy atom. The molecule has 2 N–H and O–H groups in total. The Bertz CT molecular complexity index is 275. The Labute approximate surface area is 148 Å². The first kappa shape index (κ1) is 21.0. The van der Waals surface area contributed by atoms with Crippen molar-refractivity contribution >= 4 is 29.9 Å². The van der Waals surface area contributed by atoms with Gasteiger partial charge in [-0.15, -0.1) is 24.0 Å². The third-order valence-corrected chi connectivity index (χ3v) is 3.60. The van der Waals surface area contributed by atoms with Crippen molar-refractivity contribution < 1.29 is 0 Å². The van der Waals surface area contributed by atoms with Gasteiger partial charge in [-0.1, -0.05) is 27.2 Å². The van der Waals surface area contributed by atoms with Gasteiger partial charge in [0.05, 0.1) is 0 Å². The maximum Gasteiger partial charge on any atom is 0.191 e. The largest absolute Gasteiger partial charge is 0.357 e. The van der Waals surface area contributed by atoms with Gasteiger partial charge in [0, 0.05) is 26.2 Å². The molecular formula is C16H35IN4. The predicted octanol–water partition coefficient (Wildman–Crippen LogP) is 2.94. The second-order valence-corrected chi connectivity index (χ2v) is 6.46. The molecule has 1 rings (SSSR count). The van der Waals surface area contributed by atoms with Crippen LogP contribution in [0.5, 0.6) is 0 Å². The van der Waals surface area contributed by atoms with Crippen LogP contribution in [0.15, 0.2) is 4.99 Å². The van der Waals surface area contributed by atoms with Crippen molar-refractivity contribution in [2.24, 2.45) is 16.8 Å². The quantitative estimate of drug-likeness (QED) is 0.385. The average Bonchev–Trinajstić information content (AvgIpc) is 2.43. The number of likely N-dealkylation sites (tertiary alicyclic amines) is 1. The van der Waals surface area contributed by atoms with Gasteiger partial charge < -0.3 is 15.5 Å². The molecule has 0 radical (unpaired) electrons. The number of piperidine rings is 1. The molecule has 0 saturated carbocycles. The molecule has 0 aromatic heterocycles. The average molecular weight is 410 g/mol. The van der Waals surface area contributed by atoms with E-state index in [1.165, 1.54) is 38.9 Å². The van der Waals surface area contributed by atoms with Crippen LogP contribution < -0.4 is 10.6 Å². The molecule has 0 aromatic carbocycles. The minimum Gasteiger partial charge on any atom is -0.357 e. The fourth-order valence-corrected chi connectivity index (χ4v) is 2.53. The van der Waals surface area contributed by atoms with Crippen LogP contribution in [-0.2, 0) is 0 Å². The van der Waals surface area contributed by atoms with Gasteiger partial charge in [0.25, 0.3) is 0 Å². The van der Waals surface area contributed by atoms with Crippen LogP contribution in [0.1, 0.15) is 47.0 Å². The lowest BCUT2D eigenvalue weighted by atomic mass is 10.1. The zero-order valence-electron chi connectivity index (χ0n) is 14.3. The van der Waals surface area contributed by atoms with E-state index in [1.807, 2.05) is 0 Å². The highest BCUT2D eigenvalue weighted by molar-refractivity contribution is 14.0. The summed E-state index contributed by atoms with van der Waals surface area (Å²) in [5.74, 6) is 2.24. The second-order valence-electron chi connectivity index (χ2n) is 6.46. The minimum atomic E-state index is 0. The minimum absolute atomic E-state index is 0. The normalized spacial score (nSPS) is 18.2. The lowest BCUT2D eigenvalue weighted by Gasteiger charge is -2.29. The molecular weight excluding hydrogens is 375 g/mol. The van der Waals surface area contributed by atoms with E-state index in [1.54, 1.807) is 0 Å². The third-order valence-electron chi connectivity index (χ3n) is 3.60. The first-order valence-corrected chi connectivity index (χ1v) is 8.36. The van der Waals surface area contributed by atoms with Crippen LogP contribution in [-0.4, -0.2) is 50.1 Å².